The summed E-state index contributed by atoms with van der Waals surface area (Å²) < 4.78 is 2.04. The average Bonchev–Trinajstić information content (AvgIpc) is 2.59. The Morgan fingerprint density at radius 2 is 1.00 bits per heavy atom. The molecule has 0 aliphatic carbocycles. The van der Waals surface area contributed by atoms with E-state index in [-0.39, 0.29) is 0 Å². The van der Waals surface area contributed by atoms with Crippen LogP contribution >= 0.6 is 31.9 Å². The van der Waals surface area contributed by atoms with Crippen LogP contribution in [-0.2, 0) is 0 Å². The summed E-state index contributed by atoms with van der Waals surface area (Å²) in [4.78, 5) is 0. The number of hydrogen-bond acceptors (Lipinski definition) is 4. The molecule has 0 atom stereocenters. The van der Waals surface area contributed by atoms with Gasteiger partial charge in [0.2, 0.25) is 0 Å². The van der Waals surface area contributed by atoms with Crippen LogP contribution in [0, 0.1) is 0 Å². The molecule has 0 aliphatic rings. The van der Waals surface area contributed by atoms with Crippen molar-refractivity contribution in [3.8, 4) is 0 Å². The second kappa shape index (κ2) is 9.48. The predicted molar refractivity (Wildman–Crippen MR) is 103 cm³/mol. The zero-order valence-corrected chi connectivity index (χ0v) is 16.6. The molecule has 0 bridgehead atoms. The fraction of sp³-hybridized carbons (Fsp3) is 0.250. The van der Waals surface area contributed by atoms with Gasteiger partial charge in [0, 0.05) is 23.0 Å². The van der Waals surface area contributed by atoms with E-state index in [2.05, 4.69) is 52.5 Å². The Morgan fingerprint density at radius 3 is 1.33 bits per heavy atom. The largest absolute Gasteiger partial charge is 0.280 e. The maximum absolute atomic E-state index is 4.18. The van der Waals surface area contributed by atoms with Gasteiger partial charge in [-0.05, 0) is 48.5 Å². The third-order valence-electron chi connectivity index (χ3n) is 3.03. The molecule has 0 N–H and O–H groups in total. The first-order valence-corrected chi connectivity index (χ1v) is 8.88. The van der Waals surface area contributed by atoms with Crippen LogP contribution in [0.15, 0.2) is 78.2 Å². The van der Waals surface area contributed by atoms with E-state index >= 15 is 0 Å². The summed E-state index contributed by atoms with van der Waals surface area (Å²) in [6.07, 6.45) is 0. The van der Waals surface area contributed by atoms with Gasteiger partial charge >= 0.3 is 0 Å². The fourth-order valence-corrected chi connectivity index (χ4v) is 2.18. The van der Waals surface area contributed by atoms with Crippen molar-refractivity contribution >= 4 is 43.2 Å². The first kappa shape index (κ1) is 18.5. The van der Waals surface area contributed by atoms with Crippen molar-refractivity contribution in [1.82, 2.24) is 10.0 Å². The van der Waals surface area contributed by atoms with Gasteiger partial charge in [0.1, 0.15) is 0 Å². The minimum Gasteiger partial charge on any atom is -0.280 e. The molecule has 0 saturated heterocycles. The standard InChI is InChI=1S/C16H18Br2N6/c1-23(21-19-15-7-3-13(17)4-8-15)11-12-24(2)22-20-16-9-5-14(18)6-10-16/h3-10H,11-12H2,1-2H3. The van der Waals surface area contributed by atoms with Crippen LogP contribution in [0.1, 0.15) is 0 Å². The quantitative estimate of drug-likeness (QED) is 0.394. The molecule has 0 aromatic heterocycles. The lowest BCUT2D eigenvalue weighted by molar-refractivity contribution is 0.252. The highest BCUT2D eigenvalue weighted by Gasteiger charge is 1.99. The smallest absolute Gasteiger partial charge is 0.0875 e. The molecule has 0 radical (unpaired) electrons. The van der Waals surface area contributed by atoms with E-state index in [0.717, 1.165) is 20.3 Å². The fourth-order valence-electron chi connectivity index (χ4n) is 1.65. The first-order chi connectivity index (χ1) is 11.5. The zero-order valence-electron chi connectivity index (χ0n) is 13.5. The van der Waals surface area contributed by atoms with Gasteiger partial charge in [-0.1, -0.05) is 42.3 Å². The molecule has 6 nitrogen and oxygen atoms in total. The van der Waals surface area contributed by atoms with E-state index in [0.29, 0.717) is 13.1 Å². The average molecular weight is 454 g/mol. The van der Waals surface area contributed by atoms with Crippen molar-refractivity contribution in [2.45, 2.75) is 0 Å². The van der Waals surface area contributed by atoms with Crippen molar-refractivity contribution < 1.29 is 0 Å². The Morgan fingerprint density at radius 1 is 0.667 bits per heavy atom. The van der Waals surface area contributed by atoms with Crippen LogP contribution in [0.25, 0.3) is 0 Å². The Bertz CT molecular complexity index is 623. The zero-order chi connectivity index (χ0) is 17.4. The first-order valence-electron chi connectivity index (χ1n) is 7.29. The van der Waals surface area contributed by atoms with Gasteiger partial charge in [-0.2, -0.15) is 0 Å². The minimum atomic E-state index is 0.690. The molecular weight excluding hydrogens is 436 g/mol. The second-order valence-corrected chi connectivity index (χ2v) is 6.93. The van der Waals surface area contributed by atoms with Gasteiger partial charge in [0.05, 0.1) is 24.5 Å². The molecule has 0 heterocycles. The van der Waals surface area contributed by atoms with Crippen molar-refractivity contribution in [1.29, 1.82) is 0 Å². The number of benzene rings is 2. The molecule has 24 heavy (non-hydrogen) atoms. The van der Waals surface area contributed by atoms with Gasteiger partial charge in [-0.25, -0.2) is 0 Å². The van der Waals surface area contributed by atoms with Crippen LogP contribution in [0.4, 0.5) is 11.4 Å². The highest BCUT2D eigenvalue weighted by molar-refractivity contribution is 9.10. The third-order valence-corrected chi connectivity index (χ3v) is 4.08. The third kappa shape index (κ3) is 6.76. The number of rotatable bonds is 7. The summed E-state index contributed by atoms with van der Waals surface area (Å²) in [6.45, 7) is 1.38. The van der Waals surface area contributed by atoms with E-state index < -0.39 is 0 Å². The van der Waals surface area contributed by atoms with Gasteiger partial charge in [-0.15, -0.1) is 10.2 Å². The van der Waals surface area contributed by atoms with E-state index in [1.165, 1.54) is 0 Å². The number of hydrogen-bond donors (Lipinski definition) is 0. The minimum absolute atomic E-state index is 0.690. The lowest BCUT2D eigenvalue weighted by Crippen LogP contribution is -2.24. The highest BCUT2D eigenvalue weighted by Crippen LogP contribution is 2.18. The molecule has 126 valence electrons. The maximum atomic E-state index is 4.18. The molecule has 0 fully saturated rings. The second-order valence-electron chi connectivity index (χ2n) is 5.09. The van der Waals surface area contributed by atoms with E-state index in [9.17, 15) is 0 Å². The number of nitrogens with zero attached hydrogens (tertiary/aromatic N) is 6. The number of halogens is 2. The normalized spacial score (nSPS) is 11.3. The van der Waals surface area contributed by atoms with Crippen LogP contribution in [-0.4, -0.2) is 37.2 Å². The Kier molecular flexibility index (Phi) is 7.33. The SMILES string of the molecule is CN(CCN(C)N=Nc1ccc(Br)cc1)N=Nc1ccc(Br)cc1. The van der Waals surface area contributed by atoms with E-state index in [4.69, 9.17) is 0 Å². The lowest BCUT2D eigenvalue weighted by atomic mass is 10.3. The summed E-state index contributed by atoms with van der Waals surface area (Å²) in [5.74, 6) is 0. The molecular formula is C16H18Br2N6. The molecule has 0 saturated carbocycles. The van der Waals surface area contributed by atoms with Crippen molar-refractivity contribution in [3.05, 3.63) is 57.5 Å². The topological polar surface area (TPSA) is 55.9 Å². The van der Waals surface area contributed by atoms with Gasteiger partial charge in [0.15, 0.2) is 0 Å². The molecule has 0 amide bonds. The molecule has 0 unspecified atom stereocenters. The monoisotopic (exact) mass is 452 g/mol. The lowest BCUT2D eigenvalue weighted by Gasteiger charge is -2.15. The van der Waals surface area contributed by atoms with Crippen molar-refractivity contribution in [3.63, 3.8) is 0 Å². The Labute approximate surface area is 158 Å². The highest BCUT2D eigenvalue weighted by atomic mass is 79.9. The maximum Gasteiger partial charge on any atom is 0.0875 e. The van der Waals surface area contributed by atoms with Crippen LogP contribution in [0.5, 0.6) is 0 Å². The summed E-state index contributed by atoms with van der Waals surface area (Å²) in [6, 6.07) is 15.4. The van der Waals surface area contributed by atoms with Crippen LogP contribution in [0.3, 0.4) is 0 Å². The summed E-state index contributed by atoms with van der Waals surface area (Å²) in [5.41, 5.74) is 1.63. The van der Waals surface area contributed by atoms with Crippen LogP contribution in [0.2, 0.25) is 0 Å². The van der Waals surface area contributed by atoms with Gasteiger partial charge < -0.3 is 0 Å². The van der Waals surface area contributed by atoms with Crippen molar-refractivity contribution in [2.75, 3.05) is 27.2 Å². The molecule has 2 aromatic carbocycles. The molecule has 0 aliphatic heterocycles. The number of likely N-dealkylation sites (N-methyl/N-ethyl adjacent to an activating group) is 2. The predicted octanol–water partition coefficient (Wildman–Crippen LogP) is 5.77. The van der Waals surface area contributed by atoms with Gasteiger partial charge in [0.25, 0.3) is 0 Å². The van der Waals surface area contributed by atoms with E-state index in [1.54, 1.807) is 10.0 Å². The summed E-state index contributed by atoms with van der Waals surface area (Å²) in [7, 11) is 3.75. The molecule has 2 aromatic rings. The summed E-state index contributed by atoms with van der Waals surface area (Å²) >= 11 is 6.78. The summed E-state index contributed by atoms with van der Waals surface area (Å²) in [5, 5.41) is 20.2. The molecule has 2 rings (SSSR count). The molecule has 0 spiro atoms. The molecule has 8 heteroatoms. The van der Waals surface area contributed by atoms with Crippen LogP contribution < -0.4 is 0 Å². The van der Waals surface area contributed by atoms with Gasteiger partial charge in [-0.3, -0.25) is 10.0 Å². The van der Waals surface area contributed by atoms with E-state index in [1.807, 2.05) is 62.6 Å². The Balaban J connectivity index is 1.77. The van der Waals surface area contributed by atoms with Crippen molar-refractivity contribution in [2.24, 2.45) is 20.7 Å². The Hall–Kier alpha value is -1.80.